The molecule has 1 aromatic carbocycles. The van der Waals surface area contributed by atoms with Crippen LogP contribution < -0.4 is 10.6 Å². The number of aliphatic imine (C=N–C) groups is 1. The van der Waals surface area contributed by atoms with Crippen molar-refractivity contribution in [3.63, 3.8) is 0 Å². The summed E-state index contributed by atoms with van der Waals surface area (Å²) < 4.78 is 0. The van der Waals surface area contributed by atoms with Crippen molar-refractivity contribution in [3.05, 3.63) is 53.5 Å². The van der Waals surface area contributed by atoms with Gasteiger partial charge in [-0.05, 0) is 20.8 Å². The quantitative estimate of drug-likeness (QED) is 0.586. The zero-order valence-electron chi connectivity index (χ0n) is 18.2. The summed E-state index contributed by atoms with van der Waals surface area (Å²) >= 11 is 0. The van der Waals surface area contributed by atoms with Crippen molar-refractivity contribution in [2.24, 2.45) is 10.7 Å². The molecule has 2 heterocycles. The first-order valence-corrected chi connectivity index (χ1v) is 10.2. The molecule has 0 saturated carbocycles. The van der Waals surface area contributed by atoms with Crippen molar-refractivity contribution in [3.8, 4) is 11.3 Å². The van der Waals surface area contributed by atoms with E-state index in [-0.39, 0.29) is 5.78 Å². The summed E-state index contributed by atoms with van der Waals surface area (Å²) in [6.07, 6.45) is 3.44. The smallest absolute Gasteiger partial charge is 0.159 e. The number of ketones is 1. The minimum Gasteiger partial charge on any atom is -0.402 e. The van der Waals surface area contributed by atoms with Gasteiger partial charge in [0.25, 0.3) is 0 Å². The number of aromatic nitrogens is 2. The lowest BCUT2D eigenvalue weighted by Gasteiger charge is -2.36. The highest BCUT2D eigenvalue weighted by atomic mass is 16.1. The Morgan fingerprint density at radius 3 is 2.23 bits per heavy atom. The Balaban J connectivity index is 1.74. The summed E-state index contributed by atoms with van der Waals surface area (Å²) in [6, 6.07) is 7.56. The van der Waals surface area contributed by atoms with Gasteiger partial charge in [0, 0.05) is 80.3 Å². The van der Waals surface area contributed by atoms with Crippen LogP contribution in [0.25, 0.3) is 11.3 Å². The molecule has 2 aromatic rings. The third kappa shape index (κ3) is 4.91. The first kappa shape index (κ1) is 21.6. The number of hydrogen-bond donors (Lipinski definition) is 1. The zero-order valence-corrected chi connectivity index (χ0v) is 18.2. The highest BCUT2D eigenvalue weighted by Crippen LogP contribution is 2.27. The Hall–Kier alpha value is -3.06. The molecule has 7 nitrogen and oxygen atoms in total. The van der Waals surface area contributed by atoms with Crippen LogP contribution in [0.4, 0.5) is 5.82 Å². The van der Waals surface area contributed by atoms with Crippen LogP contribution in [0.5, 0.6) is 0 Å². The Morgan fingerprint density at radius 2 is 1.67 bits per heavy atom. The maximum Gasteiger partial charge on any atom is 0.159 e. The number of carbonyl (C=O) groups excluding carboxylic acids is 1. The largest absolute Gasteiger partial charge is 0.402 e. The van der Waals surface area contributed by atoms with Gasteiger partial charge in [0.15, 0.2) is 11.6 Å². The predicted octanol–water partition coefficient (Wildman–Crippen LogP) is 2.79. The van der Waals surface area contributed by atoms with E-state index >= 15 is 0 Å². The molecule has 0 amide bonds. The minimum atomic E-state index is 0.0570. The summed E-state index contributed by atoms with van der Waals surface area (Å²) in [7, 11) is 1.80. The first-order valence-electron chi connectivity index (χ1n) is 10.2. The number of nitrogens with zero attached hydrogens (tertiary/aromatic N) is 5. The molecule has 1 aromatic heterocycles. The molecule has 1 fully saturated rings. The topological polar surface area (TPSA) is 87.7 Å². The first-order chi connectivity index (χ1) is 14.4. The molecule has 3 rings (SSSR count). The molecule has 1 aliphatic heterocycles. The number of hydrogen-bond acceptors (Lipinski definition) is 7. The third-order valence-corrected chi connectivity index (χ3v) is 5.55. The molecule has 158 valence electrons. The molecular weight excluding hydrogens is 376 g/mol. The summed E-state index contributed by atoms with van der Waals surface area (Å²) in [5.41, 5.74) is 11.5. The Morgan fingerprint density at radius 1 is 1.03 bits per heavy atom. The summed E-state index contributed by atoms with van der Waals surface area (Å²) in [6.45, 7) is 9.85. The van der Waals surface area contributed by atoms with Gasteiger partial charge in [-0.1, -0.05) is 24.3 Å². The summed E-state index contributed by atoms with van der Waals surface area (Å²) in [5.74, 6) is 0.936. The minimum absolute atomic E-state index is 0.0570. The van der Waals surface area contributed by atoms with Gasteiger partial charge in [0.1, 0.15) is 5.69 Å². The number of Topliss-reactive ketones (excluding diaryl/α,β-unsaturated/α-hetero) is 1. The Bertz CT molecular complexity index is 952. The number of nitrogens with two attached hydrogens (primary N) is 1. The number of carbonyl (C=O) groups is 1. The van der Waals surface area contributed by atoms with E-state index in [9.17, 15) is 4.79 Å². The van der Waals surface area contributed by atoms with Crippen LogP contribution in [-0.4, -0.2) is 66.1 Å². The normalized spacial score (nSPS) is 16.4. The van der Waals surface area contributed by atoms with Crippen LogP contribution in [0, 0.1) is 0 Å². The van der Waals surface area contributed by atoms with E-state index < -0.39 is 0 Å². The molecule has 1 saturated heterocycles. The van der Waals surface area contributed by atoms with Gasteiger partial charge in [-0.3, -0.25) is 19.7 Å². The second-order valence-corrected chi connectivity index (χ2v) is 7.60. The molecule has 0 aliphatic carbocycles. The number of benzene rings is 1. The zero-order chi connectivity index (χ0) is 21.7. The fourth-order valence-corrected chi connectivity index (χ4v) is 3.63. The van der Waals surface area contributed by atoms with E-state index in [2.05, 4.69) is 24.8 Å². The van der Waals surface area contributed by atoms with E-state index in [1.54, 1.807) is 26.4 Å². The van der Waals surface area contributed by atoms with Crippen LogP contribution in [0.2, 0.25) is 0 Å². The number of rotatable bonds is 6. The van der Waals surface area contributed by atoms with Gasteiger partial charge in [-0.2, -0.15) is 0 Å². The fourth-order valence-electron chi connectivity index (χ4n) is 3.63. The van der Waals surface area contributed by atoms with E-state index in [0.717, 1.165) is 66.8 Å². The SMILES string of the molecule is CN=C(C)/C(CN1CCN(c2nccnc2-c2ccc(C(C)=O)cc2)CC1)=C(/C)N. The molecule has 0 spiro atoms. The van der Waals surface area contributed by atoms with E-state index in [0.29, 0.717) is 5.56 Å². The standard InChI is InChI=1S/C23H30N6O/c1-16(24)21(17(2)25-4)15-28-11-13-29(14-12-28)23-22(26-9-10-27-23)20-7-5-19(6-8-20)18(3)30/h5-10H,11-15,24H2,1-4H3/b21-16-,25-17?. The fraction of sp³-hybridized carbons (Fsp3) is 0.391. The Kier molecular flexibility index (Phi) is 6.95. The average Bonchev–Trinajstić information content (AvgIpc) is 2.77. The lowest BCUT2D eigenvalue weighted by atomic mass is 10.1. The van der Waals surface area contributed by atoms with Gasteiger partial charge in [0.05, 0.1) is 0 Å². The second kappa shape index (κ2) is 9.63. The second-order valence-electron chi connectivity index (χ2n) is 7.60. The van der Waals surface area contributed by atoms with E-state index in [1.807, 2.05) is 38.1 Å². The Labute approximate surface area is 178 Å². The molecular formula is C23H30N6O. The monoisotopic (exact) mass is 406 g/mol. The van der Waals surface area contributed by atoms with Crippen LogP contribution in [0.1, 0.15) is 31.1 Å². The average molecular weight is 407 g/mol. The predicted molar refractivity (Wildman–Crippen MR) is 122 cm³/mol. The van der Waals surface area contributed by atoms with Crippen LogP contribution in [0.3, 0.4) is 0 Å². The number of piperazine rings is 1. The van der Waals surface area contributed by atoms with Gasteiger partial charge in [-0.25, -0.2) is 4.98 Å². The van der Waals surface area contributed by atoms with Crippen LogP contribution >= 0.6 is 0 Å². The maximum atomic E-state index is 11.6. The van der Waals surface area contributed by atoms with E-state index in [1.165, 1.54) is 0 Å². The molecule has 0 radical (unpaired) electrons. The van der Waals surface area contributed by atoms with Gasteiger partial charge in [-0.15, -0.1) is 0 Å². The summed E-state index contributed by atoms with van der Waals surface area (Å²) in [4.78, 5) is 29.7. The van der Waals surface area contributed by atoms with Gasteiger partial charge < -0.3 is 10.6 Å². The van der Waals surface area contributed by atoms with Crippen molar-refractivity contribution < 1.29 is 4.79 Å². The number of anilines is 1. The maximum absolute atomic E-state index is 11.6. The molecule has 7 heteroatoms. The molecule has 1 aliphatic rings. The van der Waals surface area contributed by atoms with Crippen LogP contribution in [0.15, 0.2) is 52.9 Å². The van der Waals surface area contributed by atoms with Crippen molar-refractivity contribution in [2.75, 3.05) is 44.7 Å². The lowest BCUT2D eigenvalue weighted by molar-refractivity contribution is 0.101. The molecule has 0 unspecified atom stereocenters. The lowest BCUT2D eigenvalue weighted by Crippen LogP contribution is -2.48. The third-order valence-electron chi connectivity index (χ3n) is 5.55. The molecule has 0 bridgehead atoms. The highest BCUT2D eigenvalue weighted by Gasteiger charge is 2.22. The van der Waals surface area contributed by atoms with Crippen molar-refractivity contribution in [1.82, 2.24) is 14.9 Å². The van der Waals surface area contributed by atoms with Crippen molar-refractivity contribution >= 4 is 17.3 Å². The van der Waals surface area contributed by atoms with Crippen molar-refractivity contribution in [2.45, 2.75) is 20.8 Å². The molecule has 30 heavy (non-hydrogen) atoms. The van der Waals surface area contributed by atoms with E-state index in [4.69, 9.17) is 5.73 Å². The highest BCUT2D eigenvalue weighted by molar-refractivity contribution is 5.99. The molecule has 0 atom stereocenters. The number of allylic oxidation sites excluding steroid dienone is 1. The van der Waals surface area contributed by atoms with Crippen LogP contribution in [-0.2, 0) is 0 Å². The molecule has 2 N–H and O–H groups in total. The van der Waals surface area contributed by atoms with Gasteiger partial charge in [0.2, 0.25) is 0 Å². The summed E-state index contributed by atoms with van der Waals surface area (Å²) in [5, 5.41) is 0. The van der Waals surface area contributed by atoms with Gasteiger partial charge >= 0.3 is 0 Å². The van der Waals surface area contributed by atoms with Crippen molar-refractivity contribution in [1.29, 1.82) is 0 Å².